The molecule has 13 heteroatoms. The van der Waals surface area contributed by atoms with Gasteiger partial charge in [0, 0.05) is 56.7 Å². The first-order valence-corrected chi connectivity index (χ1v) is 14.8. The van der Waals surface area contributed by atoms with Crippen molar-refractivity contribution in [3.8, 4) is 0 Å². The zero-order valence-electron chi connectivity index (χ0n) is 26.5. The largest absolute Gasteiger partial charge is 0.416 e. The summed E-state index contributed by atoms with van der Waals surface area (Å²) in [7, 11) is 5.57. The Bertz CT molecular complexity index is 1610. The van der Waals surface area contributed by atoms with Gasteiger partial charge in [-0.15, -0.1) is 0 Å². The van der Waals surface area contributed by atoms with Crippen LogP contribution in [0, 0.1) is 6.92 Å². The molecular formula is C32H40F3N9O. The van der Waals surface area contributed by atoms with Crippen molar-refractivity contribution in [1.82, 2.24) is 35.1 Å². The Labute approximate surface area is 261 Å². The molecule has 10 nitrogen and oxygen atoms in total. The molecular weight excluding hydrogens is 583 g/mol. The van der Waals surface area contributed by atoms with Crippen molar-refractivity contribution in [2.45, 2.75) is 39.8 Å². The van der Waals surface area contributed by atoms with Gasteiger partial charge in [0.05, 0.1) is 18.2 Å². The molecule has 2 heterocycles. The fraction of sp³-hybridized carbons (Fsp3) is 0.406. The van der Waals surface area contributed by atoms with Gasteiger partial charge in [-0.05, 0) is 64.2 Å². The molecule has 1 aliphatic rings. The van der Waals surface area contributed by atoms with E-state index in [1.165, 1.54) is 6.33 Å². The Balaban J connectivity index is 1.51. The number of allylic oxidation sites excluding steroid dienone is 4. The minimum Gasteiger partial charge on any atom is -0.374 e. The molecule has 0 atom stereocenters. The molecule has 0 aliphatic heterocycles. The van der Waals surface area contributed by atoms with E-state index in [0.717, 1.165) is 30.8 Å². The van der Waals surface area contributed by atoms with Crippen molar-refractivity contribution in [2.24, 2.45) is 0 Å². The van der Waals surface area contributed by atoms with Gasteiger partial charge in [-0.25, -0.2) is 19.9 Å². The van der Waals surface area contributed by atoms with Crippen LogP contribution in [0.1, 0.15) is 31.4 Å². The van der Waals surface area contributed by atoms with Crippen LogP contribution in [0.3, 0.4) is 0 Å². The minimum atomic E-state index is -4.57. The van der Waals surface area contributed by atoms with E-state index < -0.39 is 17.7 Å². The number of carbonyl (C=O) groups excluding carboxylic acids is 1. The first kappa shape index (κ1) is 33.4. The molecule has 45 heavy (non-hydrogen) atoms. The maximum atomic E-state index is 13.9. The average molecular weight is 624 g/mol. The van der Waals surface area contributed by atoms with E-state index >= 15 is 0 Å². The molecule has 0 unspecified atom stereocenters. The van der Waals surface area contributed by atoms with Crippen LogP contribution in [-0.4, -0.2) is 89.1 Å². The molecule has 2 aromatic heterocycles. The number of rotatable bonds is 12. The lowest BCUT2D eigenvalue weighted by molar-refractivity contribution is -0.119. The van der Waals surface area contributed by atoms with Crippen LogP contribution in [0.15, 0.2) is 65.9 Å². The fourth-order valence-corrected chi connectivity index (χ4v) is 4.76. The predicted molar refractivity (Wildman–Crippen MR) is 171 cm³/mol. The molecule has 4 rings (SSSR count). The molecule has 0 saturated carbocycles. The Morgan fingerprint density at radius 3 is 2.47 bits per heavy atom. The van der Waals surface area contributed by atoms with Crippen molar-refractivity contribution < 1.29 is 18.0 Å². The van der Waals surface area contributed by atoms with E-state index in [-0.39, 0.29) is 18.5 Å². The topological polar surface area (TPSA) is 102 Å². The van der Waals surface area contributed by atoms with Crippen LogP contribution >= 0.6 is 0 Å². The van der Waals surface area contributed by atoms with Crippen LogP contribution in [0.25, 0.3) is 11.0 Å². The molecule has 0 radical (unpaired) electrons. The zero-order chi connectivity index (χ0) is 32.7. The summed E-state index contributed by atoms with van der Waals surface area (Å²) in [5, 5.41) is 6.03. The number of aryl methyl sites for hydroxylation is 1. The second kappa shape index (κ2) is 14.5. The van der Waals surface area contributed by atoms with Crippen molar-refractivity contribution in [3.05, 3.63) is 77.0 Å². The molecule has 1 aromatic carbocycles. The summed E-state index contributed by atoms with van der Waals surface area (Å²) in [6, 6.07) is 5.52. The zero-order valence-corrected chi connectivity index (χ0v) is 26.5. The molecule has 0 bridgehead atoms. The summed E-state index contributed by atoms with van der Waals surface area (Å²) in [6.07, 6.45) is 2.49. The molecule has 1 amide bonds. The number of halogens is 3. The van der Waals surface area contributed by atoms with Gasteiger partial charge in [0.2, 0.25) is 11.9 Å². The monoisotopic (exact) mass is 623 g/mol. The van der Waals surface area contributed by atoms with Crippen molar-refractivity contribution in [2.75, 3.05) is 57.5 Å². The number of anilines is 3. The highest BCUT2D eigenvalue weighted by atomic mass is 19.4. The van der Waals surface area contributed by atoms with Gasteiger partial charge in [-0.2, -0.15) is 13.2 Å². The summed E-state index contributed by atoms with van der Waals surface area (Å²) in [6.45, 7) is 8.72. The van der Waals surface area contributed by atoms with E-state index in [1.54, 1.807) is 24.2 Å². The maximum absolute atomic E-state index is 13.9. The van der Waals surface area contributed by atoms with Gasteiger partial charge in [0.25, 0.3) is 0 Å². The number of nitrogens with one attached hydrogen (secondary N) is 2. The number of aromatic nitrogens is 4. The number of nitrogens with zero attached hydrogens (tertiary/aromatic N) is 7. The molecule has 0 spiro atoms. The Morgan fingerprint density at radius 1 is 1.02 bits per heavy atom. The van der Waals surface area contributed by atoms with Crippen LogP contribution in [0.5, 0.6) is 0 Å². The van der Waals surface area contributed by atoms with Crippen molar-refractivity contribution in [3.63, 3.8) is 0 Å². The molecule has 1 aliphatic carbocycles. The molecule has 3 aromatic rings. The third kappa shape index (κ3) is 8.78. The Morgan fingerprint density at radius 2 is 1.78 bits per heavy atom. The standard InChI is InChI=1S/C32H40F3N9O/c1-7-44(8-2)31-36-19-27-29(41-31)30(38-20-37-27)40-26-15-22(10-9-21(26)3)16-28(45)39-24-11-12-25(43(6)14-13-42(4)5)18-23(17-24)32(33,34)35/h9-10,12,15,17-20H,7-8,11,13-14,16H2,1-6H3,(H,39,45)(H,37,38,40). The third-order valence-electron chi connectivity index (χ3n) is 7.45. The van der Waals surface area contributed by atoms with Crippen LogP contribution in [-0.2, 0) is 11.2 Å². The maximum Gasteiger partial charge on any atom is 0.416 e. The van der Waals surface area contributed by atoms with Crippen LogP contribution in [0.2, 0.25) is 0 Å². The van der Waals surface area contributed by atoms with Gasteiger partial charge in [0.1, 0.15) is 17.4 Å². The van der Waals surface area contributed by atoms with Crippen LogP contribution < -0.4 is 15.5 Å². The SMILES string of the molecule is CCN(CC)c1ncc2ncnc(Nc3cc(CC(=O)NC4=CC(C(F)(F)F)=CC(N(C)CCN(C)C)=CC4)ccc3C)c2n1. The molecule has 240 valence electrons. The van der Waals surface area contributed by atoms with Gasteiger partial charge in [0.15, 0.2) is 5.82 Å². The lowest BCUT2D eigenvalue weighted by Crippen LogP contribution is -2.28. The lowest BCUT2D eigenvalue weighted by atomic mass is 10.1. The van der Waals surface area contributed by atoms with E-state index in [1.807, 2.05) is 62.9 Å². The number of amides is 1. The van der Waals surface area contributed by atoms with E-state index in [9.17, 15) is 18.0 Å². The Kier molecular flexibility index (Phi) is 10.8. The summed E-state index contributed by atoms with van der Waals surface area (Å²) in [5.74, 6) is 0.652. The number of benzene rings is 1. The summed E-state index contributed by atoms with van der Waals surface area (Å²) < 4.78 is 41.6. The third-order valence-corrected chi connectivity index (χ3v) is 7.45. The highest BCUT2D eigenvalue weighted by Crippen LogP contribution is 2.31. The highest BCUT2D eigenvalue weighted by molar-refractivity contribution is 5.88. The molecule has 2 N–H and O–H groups in total. The normalized spacial score (nSPS) is 13.6. The van der Waals surface area contributed by atoms with Gasteiger partial charge in [-0.3, -0.25) is 4.79 Å². The summed E-state index contributed by atoms with van der Waals surface area (Å²) >= 11 is 0. The fourth-order valence-electron chi connectivity index (χ4n) is 4.76. The van der Waals surface area contributed by atoms with E-state index in [2.05, 4.69) is 25.6 Å². The summed E-state index contributed by atoms with van der Waals surface area (Å²) in [5.41, 5.74) is 3.26. The number of hydrogen-bond donors (Lipinski definition) is 2. The first-order chi connectivity index (χ1) is 21.4. The minimum absolute atomic E-state index is 0.0323. The van der Waals surface area contributed by atoms with E-state index in [4.69, 9.17) is 4.98 Å². The molecule has 0 saturated heterocycles. The van der Waals surface area contributed by atoms with Crippen molar-refractivity contribution in [1.29, 1.82) is 0 Å². The second-order valence-electron chi connectivity index (χ2n) is 11.1. The summed E-state index contributed by atoms with van der Waals surface area (Å²) in [4.78, 5) is 36.7. The van der Waals surface area contributed by atoms with E-state index in [0.29, 0.717) is 52.8 Å². The van der Waals surface area contributed by atoms with Gasteiger partial charge in [-0.1, -0.05) is 18.2 Å². The Hall–Kier alpha value is -4.52. The number of hydrogen-bond acceptors (Lipinski definition) is 9. The number of likely N-dealkylation sites (N-methyl/N-ethyl adjacent to an activating group) is 2. The number of carbonyl (C=O) groups is 1. The first-order valence-electron chi connectivity index (χ1n) is 14.8. The van der Waals surface area contributed by atoms with Crippen molar-refractivity contribution >= 4 is 34.4 Å². The predicted octanol–water partition coefficient (Wildman–Crippen LogP) is 5.13. The number of alkyl halides is 3. The molecule has 0 fully saturated rings. The average Bonchev–Trinajstić information content (AvgIpc) is 3.21. The van der Waals surface area contributed by atoms with Gasteiger partial charge >= 0.3 is 6.18 Å². The quantitative estimate of drug-likeness (QED) is 0.284. The highest BCUT2D eigenvalue weighted by Gasteiger charge is 2.33. The van der Waals surface area contributed by atoms with Gasteiger partial charge < -0.3 is 25.3 Å². The number of fused-ring (bicyclic) bond motifs is 1. The van der Waals surface area contributed by atoms with Crippen LogP contribution in [0.4, 0.5) is 30.6 Å². The second-order valence-corrected chi connectivity index (χ2v) is 11.1. The lowest BCUT2D eigenvalue weighted by Gasteiger charge is -2.23. The smallest absolute Gasteiger partial charge is 0.374 e.